The fraction of sp³-hybridized carbons (Fsp3) is 0.222. The lowest BCUT2D eigenvalue weighted by molar-refractivity contribution is -0.141. The van der Waals surface area contributed by atoms with E-state index in [0.717, 1.165) is 12.1 Å². The van der Waals surface area contributed by atoms with Crippen LogP contribution < -0.4 is 0 Å². The second-order valence-corrected chi connectivity index (χ2v) is 8.65. The zero-order valence-corrected chi connectivity index (χ0v) is 13.0. The van der Waals surface area contributed by atoms with Gasteiger partial charge in [-0.05, 0) is 12.1 Å². The van der Waals surface area contributed by atoms with Crippen LogP contribution in [0.5, 0.6) is 0 Å². The normalized spacial score (nSPS) is 13.5. The summed E-state index contributed by atoms with van der Waals surface area (Å²) in [6, 6.07) is 1.93. The molecule has 0 bridgehead atoms. The van der Waals surface area contributed by atoms with Crippen molar-refractivity contribution in [3.05, 3.63) is 24.0 Å². The van der Waals surface area contributed by atoms with Crippen molar-refractivity contribution >= 4 is 31.5 Å². The Labute approximate surface area is 126 Å². The van der Waals surface area contributed by atoms with Gasteiger partial charge >= 0.3 is 16.3 Å². The summed E-state index contributed by atoms with van der Waals surface area (Å²) >= 11 is 0.361. The maximum atomic E-state index is 13.1. The van der Waals surface area contributed by atoms with Crippen LogP contribution in [0.25, 0.3) is 10.4 Å². The molecular weight excluding hydrogens is 369 g/mol. The highest BCUT2D eigenvalue weighted by Crippen LogP contribution is 2.40. The molecule has 1 N–H and O–H groups in total. The first kappa shape index (κ1) is 16.9. The molecule has 0 amide bonds. The topological polar surface area (TPSA) is 106 Å². The van der Waals surface area contributed by atoms with Crippen molar-refractivity contribution in [3.8, 4) is 10.4 Å². The fourth-order valence-electron chi connectivity index (χ4n) is 1.63. The summed E-state index contributed by atoms with van der Waals surface area (Å²) < 4.78 is 92.1. The minimum absolute atomic E-state index is 0.171. The quantitative estimate of drug-likeness (QED) is 0.817. The SMILES string of the molecule is CS(=O)(=O)n1ncc(-c2ccc(S(=O)(=O)O)s2)c1C(F)(F)F. The van der Waals surface area contributed by atoms with Crippen LogP contribution in [-0.2, 0) is 26.3 Å². The lowest BCUT2D eigenvalue weighted by atomic mass is 10.2. The lowest BCUT2D eigenvalue weighted by Gasteiger charge is -2.10. The third-order valence-electron chi connectivity index (χ3n) is 2.42. The van der Waals surface area contributed by atoms with Crippen LogP contribution in [0.1, 0.15) is 5.69 Å². The summed E-state index contributed by atoms with van der Waals surface area (Å²) in [5, 5.41) is 3.21. The molecule has 2 heterocycles. The summed E-state index contributed by atoms with van der Waals surface area (Å²) in [7, 11) is -8.87. The first-order chi connectivity index (χ1) is 9.82. The van der Waals surface area contributed by atoms with Gasteiger partial charge in [0.2, 0.25) is 0 Å². The van der Waals surface area contributed by atoms with E-state index in [1.54, 1.807) is 0 Å². The minimum Gasteiger partial charge on any atom is -0.281 e. The highest BCUT2D eigenvalue weighted by Gasteiger charge is 2.41. The van der Waals surface area contributed by atoms with Gasteiger partial charge < -0.3 is 0 Å². The highest BCUT2D eigenvalue weighted by atomic mass is 32.3. The van der Waals surface area contributed by atoms with Gasteiger partial charge in [0.25, 0.3) is 10.0 Å². The molecule has 0 aliphatic rings. The van der Waals surface area contributed by atoms with E-state index < -0.39 is 41.8 Å². The van der Waals surface area contributed by atoms with Gasteiger partial charge in [0.15, 0.2) is 5.69 Å². The average molecular weight is 376 g/mol. The molecule has 2 aromatic rings. The second-order valence-electron chi connectivity index (χ2n) is 4.10. The van der Waals surface area contributed by atoms with Gasteiger partial charge in [-0.1, -0.05) is 0 Å². The fourth-order valence-corrected chi connectivity index (χ4v) is 4.06. The van der Waals surface area contributed by atoms with Crippen molar-refractivity contribution in [1.82, 2.24) is 9.19 Å². The Morgan fingerprint density at radius 3 is 2.23 bits per heavy atom. The molecule has 0 saturated heterocycles. The lowest BCUT2D eigenvalue weighted by Crippen LogP contribution is -2.21. The number of halogens is 3. The summed E-state index contributed by atoms with van der Waals surface area (Å²) in [6.45, 7) is 0. The summed E-state index contributed by atoms with van der Waals surface area (Å²) in [6.07, 6.45) is -3.81. The zero-order chi connectivity index (χ0) is 16.9. The Kier molecular flexibility index (Phi) is 3.88. The van der Waals surface area contributed by atoms with Crippen LogP contribution in [0.3, 0.4) is 0 Å². The van der Waals surface area contributed by atoms with E-state index in [2.05, 4.69) is 5.10 Å². The van der Waals surface area contributed by atoms with Gasteiger partial charge in [0.05, 0.1) is 12.5 Å². The third kappa shape index (κ3) is 3.16. The molecule has 0 unspecified atom stereocenters. The van der Waals surface area contributed by atoms with Crippen LogP contribution in [0, 0.1) is 0 Å². The van der Waals surface area contributed by atoms with E-state index in [9.17, 15) is 30.0 Å². The first-order valence-corrected chi connectivity index (χ1v) is 9.36. The Bertz CT molecular complexity index is 924. The zero-order valence-electron chi connectivity index (χ0n) is 10.6. The van der Waals surface area contributed by atoms with Gasteiger partial charge in [0, 0.05) is 10.4 Å². The number of aromatic nitrogens is 2. The minimum atomic E-state index is -5.03. The van der Waals surface area contributed by atoms with E-state index in [-0.39, 0.29) is 8.96 Å². The summed E-state index contributed by atoms with van der Waals surface area (Å²) in [4.78, 5) is -0.199. The largest absolute Gasteiger partial charge is 0.434 e. The van der Waals surface area contributed by atoms with E-state index >= 15 is 0 Å². The van der Waals surface area contributed by atoms with Crippen molar-refractivity contribution < 1.29 is 34.6 Å². The van der Waals surface area contributed by atoms with Crippen molar-refractivity contribution in [2.24, 2.45) is 0 Å². The number of rotatable bonds is 3. The molecule has 0 radical (unpaired) electrons. The first-order valence-electron chi connectivity index (χ1n) is 5.25. The van der Waals surface area contributed by atoms with Gasteiger partial charge in [-0.25, -0.2) is 8.42 Å². The number of nitrogens with zero attached hydrogens (tertiary/aromatic N) is 2. The van der Waals surface area contributed by atoms with Crippen LogP contribution in [0.15, 0.2) is 22.5 Å². The third-order valence-corrected chi connectivity index (χ3v) is 5.77. The smallest absolute Gasteiger partial charge is 0.281 e. The average Bonchev–Trinajstić information content (AvgIpc) is 2.92. The van der Waals surface area contributed by atoms with Crippen molar-refractivity contribution in [2.75, 3.05) is 6.26 Å². The molecule has 0 atom stereocenters. The molecule has 0 aliphatic heterocycles. The van der Waals surface area contributed by atoms with Crippen LogP contribution in [-0.4, -0.2) is 36.8 Å². The standard InChI is InChI=1S/C9H7F3N2O5S3/c1-21(15,16)14-8(9(10,11)12)5(4-13-14)6-2-3-7(20-6)22(17,18)19/h2-4H,1H3,(H,17,18,19). The van der Waals surface area contributed by atoms with Gasteiger partial charge in [0.1, 0.15) is 4.21 Å². The van der Waals surface area contributed by atoms with Crippen LogP contribution in [0.4, 0.5) is 13.2 Å². The molecule has 7 nitrogen and oxygen atoms in total. The van der Waals surface area contributed by atoms with E-state index in [0.29, 0.717) is 23.8 Å². The predicted octanol–water partition coefficient (Wildman–Crippen LogP) is 1.68. The Morgan fingerprint density at radius 1 is 1.23 bits per heavy atom. The summed E-state index contributed by atoms with van der Waals surface area (Å²) in [5.41, 5.74) is -2.14. The van der Waals surface area contributed by atoms with E-state index in [1.165, 1.54) is 0 Å². The molecule has 13 heteroatoms. The maximum Gasteiger partial charge on any atom is 0.434 e. The highest BCUT2D eigenvalue weighted by molar-refractivity contribution is 7.89. The molecule has 0 fully saturated rings. The molecule has 0 aliphatic carbocycles. The number of thiophene rings is 1. The molecule has 0 aromatic carbocycles. The molecule has 2 rings (SSSR count). The van der Waals surface area contributed by atoms with Gasteiger partial charge in [-0.2, -0.15) is 30.8 Å². The van der Waals surface area contributed by atoms with Crippen LogP contribution >= 0.6 is 11.3 Å². The van der Waals surface area contributed by atoms with E-state index in [4.69, 9.17) is 4.55 Å². The Hall–Kier alpha value is -1.44. The molecule has 0 spiro atoms. The molecule has 22 heavy (non-hydrogen) atoms. The van der Waals surface area contributed by atoms with Crippen molar-refractivity contribution in [3.63, 3.8) is 0 Å². The number of hydrogen-bond acceptors (Lipinski definition) is 6. The Morgan fingerprint density at radius 2 is 1.82 bits per heavy atom. The number of alkyl halides is 3. The van der Waals surface area contributed by atoms with Crippen molar-refractivity contribution in [1.29, 1.82) is 0 Å². The van der Waals surface area contributed by atoms with Crippen LogP contribution in [0.2, 0.25) is 0 Å². The predicted molar refractivity (Wildman–Crippen MR) is 70.6 cm³/mol. The maximum absolute atomic E-state index is 13.1. The Balaban J connectivity index is 2.73. The monoisotopic (exact) mass is 376 g/mol. The van der Waals surface area contributed by atoms with Gasteiger partial charge in [-0.15, -0.1) is 11.3 Å². The number of hydrogen-bond donors (Lipinski definition) is 1. The molecule has 0 saturated carbocycles. The van der Waals surface area contributed by atoms with Crippen molar-refractivity contribution in [2.45, 2.75) is 10.4 Å². The summed E-state index contributed by atoms with van der Waals surface area (Å²) in [5.74, 6) is 0. The molecule has 2 aromatic heterocycles. The molecular formula is C9H7F3N2O5S3. The van der Waals surface area contributed by atoms with Gasteiger partial charge in [-0.3, -0.25) is 4.55 Å². The molecule has 122 valence electrons. The second kappa shape index (κ2) is 5.04. The van der Waals surface area contributed by atoms with E-state index in [1.807, 2.05) is 0 Å².